The first kappa shape index (κ1) is 20.8. The predicted octanol–water partition coefficient (Wildman–Crippen LogP) is 3.87. The summed E-state index contributed by atoms with van der Waals surface area (Å²) in [4.78, 5) is 28.8. The molecule has 0 radical (unpaired) electrons. The zero-order chi connectivity index (χ0) is 21.0. The van der Waals surface area contributed by atoms with E-state index in [1.54, 1.807) is 66.6 Å². The smallest absolute Gasteiger partial charge is 0.256 e. The second-order valence-electron chi connectivity index (χ2n) is 6.37. The fourth-order valence-corrected chi connectivity index (χ4v) is 3.59. The van der Waals surface area contributed by atoms with Gasteiger partial charge in [-0.3, -0.25) is 14.5 Å². The number of halogens is 1. The Morgan fingerprint density at radius 2 is 1.90 bits per heavy atom. The lowest BCUT2D eigenvalue weighted by Gasteiger charge is -2.22. The molecule has 29 heavy (non-hydrogen) atoms. The summed E-state index contributed by atoms with van der Waals surface area (Å²) in [5.41, 5.74) is 1.23. The summed E-state index contributed by atoms with van der Waals surface area (Å²) in [6.07, 6.45) is 1.61. The lowest BCUT2D eigenvalue weighted by atomic mass is 10.1. The van der Waals surface area contributed by atoms with Crippen LogP contribution in [0.1, 0.15) is 6.42 Å². The van der Waals surface area contributed by atoms with E-state index in [0.29, 0.717) is 33.8 Å². The number of nitrogens with one attached hydrogen (secondary N) is 1. The molecule has 2 aromatic rings. The van der Waals surface area contributed by atoms with Crippen molar-refractivity contribution < 1.29 is 14.3 Å². The Bertz CT molecular complexity index is 931. The topological polar surface area (TPSA) is 61.9 Å². The summed E-state index contributed by atoms with van der Waals surface area (Å²) < 4.78 is 5.16. The Morgan fingerprint density at radius 1 is 1.24 bits per heavy atom. The SMILES string of the molecule is C=CCN1C(=S)N(c2ccc(OC)cc2)C(=O)[C@@H]1CC(=O)Nc1ccc(Cl)cc1. The summed E-state index contributed by atoms with van der Waals surface area (Å²) in [7, 11) is 1.57. The molecule has 8 heteroatoms. The second kappa shape index (κ2) is 9.07. The van der Waals surface area contributed by atoms with Gasteiger partial charge < -0.3 is 15.0 Å². The van der Waals surface area contributed by atoms with Gasteiger partial charge in [0.25, 0.3) is 5.91 Å². The number of hydrogen-bond donors (Lipinski definition) is 1. The molecule has 0 saturated carbocycles. The molecular weight excluding hydrogens is 410 g/mol. The quantitative estimate of drug-likeness (QED) is 0.534. The molecule has 2 amide bonds. The third kappa shape index (κ3) is 4.58. The minimum Gasteiger partial charge on any atom is -0.497 e. The van der Waals surface area contributed by atoms with E-state index in [4.69, 9.17) is 28.6 Å². The van der Waals surface area contributed by atoms with Gasteiger partial charge in [0.15, 0.2) is 5.11 Å². The van der Waals surface area contributed by atoms with E-state index in [0.717, 1.165) is 0 Å². The fraction of sp³-hybridized carbons (Fsp3) is 0.190. The van der Waals surface area contributed by atoms with E-state index in [1.165, 1.54) is 4.90 Å². The van der Waals surface area contributed by atoms with E-state index in [2.05, 4.69) is 11.9 Å². The maximum absolute atomic E-state index is 13.1. The van der Waals surface area contributed by atoms with Gasteiger partial charge in [0, 0.05) is 17.3 Å². The van der Waals surface area contributed by atoms with Crippen molar-refractivity contribution in [3.05, 3.63) is 66.2 Å². The van der Waals surface area contributed by atoms with Crippen LogP contribution in [-0.2, 0) is 9.59 Å². The van der Waals surface area contributed by atoms with E-state index < -0.39 is 6.04 Å². The van der Waals surface area contributed by atoms with E-state index in [1.807, 2.05) is 0 Å². The van der Waals surface area contributed by atoms with E-state index >= 15 is 0 Å². The Labute approximate surface area is 179 Å². The molecular formula is C21H20ClN3O3S. The molecule has 3 rings (SSSR count). The van der Waals surface area contributed by atoms with Crippen LogP contribution in [-0.4, -0.2) is 41.5 Å². The van der Waals surface area contributed by atoms with E-state index in [9.17, 15) is 9.59 Å². The lowest BCUT2D eigenvalue weighted by molar-refractivity contribution is -0.124. The highest BCUT2D eigenvalue weighted by molar-refractivity contribution is 7.80. The molecule has 2 aromatic carbocycles. The van der Waals surface area contributed by atoms with Crippen LogP contribution >= 0.6 is 23.8 Å². The van der Waals surface area contributed by atoms with Crippen molar-refractivity contribution in [3.8, 4) is 5.75 Å². The minimum absolute atomic E-state index is 0.0396. The average molecular weight is 430 g/mol. The molecule has 1 aliphatic heterocycles. The lowest BCUT2D eigenvalue weighted by Crippen LogP contribution is -2.37. The second-order valence-corrected chi connectivity index (χ2v) is 7.17. The Kier molecular flexibility index (Phi) is 6.51. The number of hydrogen-bond acceptors (Lipinski definition) is 4. The molecule has 150 valence electrons. The van der Waals surface area contributed by atoms with Crippen LogP contribution in [0.15, 0.2) is 61.2 Å². The van der Waals surface area contributed by atoms with Gasteiger partial charge in [0.05, 0.1) is 19.2 Å². The Morgan fingerprint density at radius 3 is 2.48 bits per heavy atom. The molecule has 0 bridgehead atoms. The van der Waals surface area contributed by atoms with Gasteiger partial charge in [0.2, 0.25) is 5.91 Å². The normalized spacial score (nSPS) is 16.1. The molecule has 0 aliphatic carbocycles. The van der Waals surface area contributed by atoms with Gasteiger partial charge in [-0.1, -0.05) is 17.7 Å². The zero-order valence-electron chi connectivity index (χ0n) is 15.8. The number of thiocarbonyl (C=S) groups is 1. The predicted molar refractivity (Wildman–Crippen MR) is 118 cm³/mol. The van der Waals surface area contributed by atoms with E-state index in [-0.39, 0.29) is 18.2 Å². The van der Waals surface area contributed by atoms with Crippen molar-refractivity contribution in [1.82, 2.24) is 4.90 Å². The summed E-state index contributed by atoms with van der Waals surface area (Å²) in [5.74, 6) is 0.126. The van der Waals surface area contributed by atoms with Crippen LogP contribution in [0, 0.1) is 0 Å². The monoisotopic (exact) mass is 429 g/mol. The van der Waals surface area contributed by atoms with Crippen molar-refractivity contribution >= 4 is 52.1 Å². The van der Waals surface area contributed by atoms with Gasteiger partial charge in [0.1, 0.15) is 11.8 Å². The maximum Gasteiger partial charge on any atom is 0.256 e. The van der Waals surface area contributed by atoms with Gasteiger partial charge >= 0.3 is 0 Å². The van der Waals surface area contributed by atoms with Crippen molar-refractivity contribution in [2.75, 3.05) is 23.9 Å². The molecule has 0 spiro atoms. The van der Waals surface area contributed by atoms with Crippen molar-refractivity contribution in [3.63, 3.8) is 0 Å². The third-order valence-corrected chi connectivity index (χ3v) is 5.15. The standard InChI is InChI=1S/C21H20ClN3O3S/c1-3-12-24-18(13-19(26)23-15-6-4-14(22)5-7-15)20(27)25(21(24)29)16-8-10-17(28-2)11-9-16/h3-11,18H,1,12-13H2,2H3,(H,23,26)/t18-/m0/s1. The molecule has 1 N–H and O–H groups in total. The van der Waals surface area contributed by atoms with Crippen LogP contribution in [0.25, 0.3) is 0 Å². The summed E-state index contributed by atoms with van der Waals surface area (Å²) in [6.45, 7) is 4.09. The number of rotatable bonds is 7. The highest BCUT2D eigenvalue weighted by Crippen LogP contribution is 2.28. The number of nitrogens with zero attached hydrogens (tertiary/aromatic N) is 2. The summed E-state index contributed by atoms with van der Waals surface area (Å²) in [5, 5.41) is 3.70. The van der Waals surface area contributed by atoms with Gasteiger partial charge in [-0.25, -0.2) is 0 Å². The fourth-order valence-electron chi connectivity index (χ4n) is 3.07. The van der Waals surface area contributed by atoms with Gasteiger partial charge in [-0.2, -0.15) is 0 Å². The molecule has 0 aromatic heterocycles. The molecule has 1 saturated heterocycles. The number of carbonyl (C=O) groups is 2. The van der Waals surface area contributed by atoms with Crippen molar-refractivity contribution in [2.24, 2.45) is 0 Å². The van der Waals surface area contributed by atoms with Crippen LogP contribution in [0.3, 0.4) is 0 Å². The van der Waals surface area contributed by atoms with Gasteiger partial charge in [-0.05, 0) is 60.7 Å². The first-order valence-electron chi connectivity index (χ1n) is 8.89. The highest BCUT2D eigenvalue weighted by atomic mass is 35.5. The molecule has 0 unspecified atom stereocenters. The van der Waals surface area contributed by atoms with Crippen molar-refractivity contribution in [1.29, 1.82) is 0 Å². The summed E-state index contributed by atoms with van der Waals surface area (Å²) in [6, 6.07) is 13.1. The van der Waals surface area contributed by atoms with Crippen molar-refractivity contribution in [2.45, 2.75) is 12.5 Å². The largest absolute Gasteiger partial charge is 0.497 e. The molecule has 1 fully saturated rings. The van der Waals surface area contributed by atoms with Crippen LogP contribution in [0.4, 0.5) is 11.4 Å². The maximum atomic E-state index is 13.1. The number of amides is 2. The first-order chi connectivity index (χ1) is 13.9. The number of anilines is 2. The first-order valence-corrected chi connectivity index (χ1v) is 9.68. The van der Waals surface area contributed by atoms with Gasteiger partial charge in [-0.15, -0.1) is 6.58 Å². The minimum atomic E-state index is -0.713. The highest BCUT2D eigenvalue weighted by Gasteiger charge is 2.43. The molecule has 6 nitrogen and oxygen atoms in total. The average Bonchev–Trinajstić information content (AvgIpc) is 2.94. The van der Waals surface area contributed by atoms with Crippen LogP contribution < -0.4 is 15.0 Å². The molecule has 1 heterocycles. The number of carbonyl (C=O) groups excluding carboxylic acids is 2. The molecule has 1 atom stereocenters. The molecule has 1 aliphatic rings. The summed E-state index contributed by atoms with van der Waals surface area (Å²) >= 11 is 11.4. The Hall–Kier alpha value is -2.90. The van der Waals surface area contributed by atoms with Crippen LogP contribution in [0.2, 0.25) is 5.02 Å². The zero-order valence-corrected chi connectivity index (χ0v) is 17.4. The van der Waals surface area contributed by atoms with Crippen LogP contribution in [0.5, 0.6) is 5.75 Å². The third-order valence-electron chi connectivity index (χ3n) is 4.48. The number of ether oxygens (including phenoxy) is 1. The Balaban J connectivity index is 1.79. The number of benzene rings is 2. The number of methoxy groups -OCH3 is 1.